The molecule has 0 atom stereocenters. The predicted molar refractivity (Wildman–Crippen MR) is 527 cm³/mol. The molecule has 640 valence electrons. The van der Waals surface area contributed by atoms with Crippen LogP contribution < -0.4 is 0 Å². The third-order valence-electron chi connectivity index (χ3n) is 20.8. The summed E-state index contributed by atoms with van der Waals surface area (Å²) in [4.78, 5) is 21.2. The Morgan fingerprint density at radius 2 is 0.902 bits per heavy atom. The average molecular weight is 1770 g/mol. The topological polar surface area (TPSA) is 223 Å². The molecule has 0 bridgehead atoms. The van der Waals surface area contributed by atoms with E-state index in [0.29, 0.717) is 37.9 Å². The number of H-pyrrole nitrogens is 3. The molecule has 0 radical (unpaired) electrons. The molecule has 0 aliphatic carbocycles. The Kier molecular flexibility index (Phi) is 36.6. The molecule has 0 aliphatic heterocycles. The van der Waals surface area contributed by atoms with E-state index in [4.69, 9.17) is 49.7 Å². The normalized spacial score (nSPS) is 11.5. The molecule has 0 aliphatic rings. The number of phenols is 3. The summed E-state index contributed by atoms with van der Waals surface area (Å²) in [5.41, 5.74) is 19.8. The molecule has 3 heterocycles. The Hall–Kier alpha value is -9.60. The van der Waals surface area contributed by atoms with E-state index in [-0.39, 0.29) is 22.7 Å². The van der Waals surface area contributed by atoms with Crippen LogP contribution in [-0.2, 0) is 46.6 Å². The maximum atomic E-state index is 11.6. The molecule has 0 fully saturated rings. The van der Waals surface area contributed by atoms with Crippen molar-refractivity contribution in [1.82, 2.24) is 44.7 Å². The lowest BCUT2D eigenvalue weighted by atomic mass is 9.72. The van der Waals surface area contributed by atoms with E-state index in [9.17, 15) is 25.5 Å². The second-order valence-electron chi connectivity index (χ2n) is 32.7. The third kappa shape index (κ3) is 28.0. The van der Waals surface area contributed by atoms with Crippen LogP contribution in [0.4, 0.5) is 11.4 Å². The van der Waals surface area contributed by atoms with Gasteiger partial charge in [0.1, 0.15) is 45.3 Å². The summed E-state index contributed by atoms with van der Waals surface area (Å²) in [6, 6.07) is 78.8. The molecule has 11 aromatic carbocycles. The number of azo groups is 1. The highest BCUT2D eigenvalue weighted by Gasteiger charge is 2.33. The smallest absolute Gasteiger partial charge is 0.175 e. The molecule has 0 spiro atoms. The Labute approximate surface area is 758 Å². The van der Waals surface area contributed by atoms with Crippen molar-refractivity contribution in [3.8, 4) is 22.9 Å². The first-order valence-electron chi connectivity index (χ1n) is 40.4. The predicted octanol–water partition coefficient (Wildman–Crippen LogP) is 24.9. The number of rotatable bonds is 21. The van der Waals surface area contributed by atoms with Gasteiger partial charge in [0.2, 0.25) is 0 Å². The van der Waals surface area contributed by atoms with E-state index in [1.165, 1.54) is 62.2 Å². The van der Waals surface area contributed by atoms with Gasteiger partial charge in [0.05, 0.1) is 44.7 Å². The molecule has 0 unspecified atom stereocenters. The van der Waals surface area contributed by atoms with Gasteiger partial charge in [-0.1, -0.05) is 256 Å². The summed E-state index contributed by atoms with van der Waals surface area (Å²) in [6.07, 6.45) is 3.20. The quantitative estimate of drug-likeness (QED) is 0.0183. The van der Waals surface area contributed by atoms with Gasteiger partial charge in [0, 0.05) is 63.9 Å². The molecule has 3 aromatic heterocycles. The zero-order valence-electron chi connectivity index (χ0n) is 72.5. The maximum absolute atomic E-state index is 11.6. The SMILES string of the molecule is CC(C)(O)c1cccc(C(C)(C)O)c1.CC(C)(c1ccccc1)c1cc(-n2nc3ccccc3n2)c(O)c(C(C)(C)c2ccccc2)c1.CC(C)c1cccc(CN(CCN(C)C)Cc2cccc(C(C)C)c2S)c1S.Cc1cc(CS)c(CS)cc1C.Oc1ccccc1N=Nc1ccccc1O.S=C(S)c1cnc[nH]1.S=c1[nH]c2ccccc2[nH]1. The molecule has 0 saturated heterocycles. The van der Waals surface area contributed by atoms with Crippen LogP contribution in [0.1, 0.15) is 179 Å². The van der Waals surface area contributed by atoms with Gasteiger partial charge in [0.25, 0.3) is 0 Å². The highest BCUT2D eigenvalue weighted by molar-refractivity contribution is 8.11. The zero-order chi connectivity index (χ0) is 89.2. The van der Waals surface area contributed by atoms with E-state index in [0.717, 1.165) is 103 Å². The van der Waals surface area contributed by atoms with Crippen LogP contribution in [0.25, 0.3) is 27.8 Å². The minimum absolute atomic E-state index is 0.0571. The van der Waals surface area contributed by atoms with E-state index >= 15 is 0 Å². The second-order valence-corrected chi connectivity index (χ2v) is 35.8. The zero-order valence-corrected chi connectivity index (χ0v) is 78.6. The number of aryl methyl sites for hydroxylation is 2. The molecule has 14 aromatic rings. The molecule has 0 saturated carbocycles. The van der Waals surface area contributed by atoms with Crippen molar-refractivity contribution in [2.45, 2.75) is 165 Å². The van der Waals surface area contributed by atoms with Gasteiger partial charge in [0.15, 0.2) is 4.77 Å². The summed E-state index contributed by atoms with van der Waals surface area (Å²) in [5.74, 6) is 2.88. The summed E-state index contributed by atoms with van der Waals surface area (Å²) >= 11 is 31.8. The minimum atomic E-state index is -0.860. The van der Waals surface area contributed by atoms with E-state index in [1.54, 1.807) is 81.4 Å². The number of fused-ring (bicyclic) bond motifs is 2. The number of benzene rings is 11. The lowest BCUT2D eigenvalue weighted by Crippen LogP contribution is -2.31. The van der Waals surface area contributed by atoms with Crippen molar-refractivity contribution in [2.75, 3.05) is 27.2 Å². The highest BCUT2D eigenvalue weighted by atomic mass is 32.1. The Balaban J connectivity index is 0.000000187. The van der Waals surface area contributed by atoms with Crippen molar-refractivity contribution in [3.05, 3.63) is 344 Å². The van der Waals surface area contributed by atoms with E-state index in [2.05, 4.69) is 262 Å². The lowest BCUT2D eigenvalue weighted by Gasteiger charge is -2.32. The molecular weight excluding hydrogens is 1650 g/mol. The van der Waals surface area contributed by atoms with E-state index in [1.807, 2.05) is 103 Å². The number of nitrogens with one attached hydrogen (secondary N) is 3. The van der Waals surface area contributed by atoms with Crippen molar-refractivity contribution >= 4 is 125 Å². The van der Waals surface area contributed by atoms with Crippen molar-refractivity contribution in [2.24, 2.45) is 10.2 Å². The van der Waals surface area contributed by atoms with Crippen molar-refractivity contribution in [3.63, 3.8) is 0 Å². The fourth-order valence-corrected chi connectivity index (χ4v) is 15.1. The molecule has 122 heavy (non-hydrogen) atoms. The number of thiol groups is 5. The first-order chi connectivity index (χ1) is 57.8. The van der Waals surface area contributed by atoms with Crippen LogP contribution in [0, 0.1) is 18.6 Å². The monoisotopic (exact) mass is 1760 g/mol. The highest BCUT2D eigenvalue weighted by Crippen LogP contribution is 2.45. The van der Waals surface area contributed by atoms with Crippen LogP contribution >= 0.6 is 87.6 Å². The fraction of sp³-hybridized carbons (Fsp3) is 0.283. The van der Waals surface area contributed by atoms with Gasteiger partial charge in [-0.3, -0.25) is 4.90 Å². The molecule has 8 N–H and O–H groups in total. The number of phenolic OH excluding ortho intramolecular Hbond substituents is 3. The average Bonchev–Trinajstić information content (AvgIpc) is 1.23. The van der Waals surface area contributed by atoms with Crippen molar-refractivity contribution < 1.29 is 25.5 Å². The number of para-hydroxylation sites is 4. The van der Waals surface area contributed by atoms with Crippen LogP contribution in [0.5, 0.6) is 17.2 Å². The number of imidazole rings is 2. The molecular formula is C99H117N11O5S7. The lowest BCUT2D eigenvalue weighted by molar-refractivity contribution is 0.0718. The van der Waals surface area contributed by atoms with Gasteiger partial charge >= 0.3 is 0 Å². The number of aromatic hydroxyl groups is 3. The van der Waals surface area contributed by atoms with Gasteiger partial charge < -0.3 is 45.4 Å². The van der Waals surface area contributed by atoms with Crippen molar-refractivity contribution in [1.29, 1.82) is 0 Å². The number of hydrogen-bond donors (Lipinski definition) is 13. The van der Waals surface area contributed by atoms with Gasteiger partial charge in [-0.05, 0) is 207 Å². The number of likely N-dealkylation sites (N-methyl/N-ethyl adjacent to an activating group) is 1. The Bertz CT molecular complexity index is 5540. The molecule has 0 amide bonds. The third-order valence-corrected chi connectivity index (χ3v) is 23.2. The van der Waals surface area contributed by atoms with Crippen LogP contribution in [-0.4, -0.2) is 102 Å². The second kappa shape index (κ2) is 45.7. The minimum Gasteiger partial charge on any atom is -0.506 e. The molecule has 23 heteroatoms. The Morgan fingerprint density at radius 3 is 1.30 bits per heavy atom. The first-order valence-corrected chi connectivity index (χ1v) is 43.8. The molecule has 14 rings (SSSR count). The van der Waals surface area contributed by atoms with E-state index < -0.39 is 16.6 Å². The number of thiocarbonyl (C=S) groups is 1. The standard InChI is InChI=1S/C30H29N3O.C24H36N2S2.C12H10N2O2.C12H18O2.C10H14S2.C7H6N2S.C4H4N2S2/c1-29(2,21-13-7-5-8-14-21)23-19-24(30(3,4)22-15-9-6-10-16-22)28(34)27(20-23)33-31-25-17-11-12-18-26(25)32-33;1-17(2)21-11-7-9-19(23(21)27)15-26(14-13-25(5)6)16-20-10-8-12-22(18(3)4)24(20)28;15-11-7-3-1-5-9(11)13-14-10-6-2-4-8-12(10)16;1-11(2,13)9-6-5-7-10(8-9)12(3,4)14;1-7-3-9(5-11)10(6-12)4-8(7)2;10-7-8-5-3-1-2-4-6(5)9-7;7-4(8)3-1-5-2-6-3/h5-20,34H,1-4H3;7-12,17-18,27-28H,13-16H2,1-6H3;1-8,15-16H;5-8,13-14H,1-4H3;3-4,11-12H,5-6H2,1-2H3;1-4H,(H2,8,9,10);1-2H,(H,5,6)(H,7,8). The van der Waals surface area contributed by atoms with Gasteiger partial charge in [-0.15, -0.1) is 63.1 Å². The maximum Gasteiger partial charge on any atom is 0.175 e. The van der Waals surface area contributed by atoms with Gasteiger partial charge in [-0.2, -0.15) is 25.3 Å². The van der Waals surface area contributed by atoms with Crippen LogP contribution in [0.3, 0.4) is 0 Å². The summed E-state index contributed by atoms with van der Waals surface area (Å²) in [6.45, 7) is 32.6. The Morgan fingerprint density at radius 1 is 0.492 bits per heavy atom. The summed E-state index contributed by atoms with van der Waals surface area (Å²) < 4.78 is 1.23. The number of aliphatic hydroxyl groups is 2. The van der Waals surface area contributed by atoms with Crippen LogP contribution in [0.2, 0.25) is 0 Å². The summed E-state index contributed by atoms with van der Waals surface area (Å²) in [7, 11) is 4.26. The first kappa shape index (κ1) is 97.8. The summed E-state index contributed by atoms with van der Waals surface area (Å²) in [5, 5.41) is 67.2. The van der Waals surface area contributed by atoms with Crippen LogP contribution in [0.15, 0.2) is 275 Å². The largest absolute Gasteiger partial charge is 0.506 e. The number of hydrogen-bond acceptors (Lipinski definition) is 18. The number of nitrogens with zero attached hydrogens (tertiary/aromatic N) is 8. The fourth-order valence-electron chi connectivity index (χ4n) is 13.1. The molecule has 16 nitrogen and oxygen atoms in total. The number of aromatic amines is 3. The number of aromatic nitrogens is 7. The van der Waals surface area contributed by atoms with Gasteiger partial charge in [-0.25, -0.2) is 4.98 Å².